The summed E-state index contributed by atoms with van der Waals surface area (Å²) in [6.07, 6.45) is 9.62. The molecule has 0 aliphatic rings. The summed E-state index contributed by atoms with van der Waals surface area (Å²) in [6.45, 7) is 3.31. The van der Waals surface area contributed by atoms with E-state index in [9.17, 15) is 9.59 Å². The SMILES string of the molecule is CC(=O)CCCCCCCCCC(C)=O. The van der Waals surface area contributed by atoms with Crippen molar-refractivity contribution in [1.82, 2.24) is 0 Å². The average molecular weight is 212 g/mol. The maximum Gasteiger partial charge on any atom is 0.129 e. The maximum absolute atomic E-state index is 10.6. The highest BCUT2D eigenvalue weighted by Crippen LogP contribution is 2.09. The van der Waals surface area contributed by atoms with Crippen molar-refractivity contribution in [1.29, 1.82) is 0 Å². The number of hydrogen-bond acceptors (Lipinski definition) is 2. The van der Waals surface area contributed by atoms with Crippen molar-refractivity contribution < 1.29 is 9.59 Å². The van der Waals surface area contributed by atoms with Crippen molar-refractivity contribution >= 4 is 11.6 Å². The monoisotopic (exact) mass is 212 g/mol. The summed E-state index contributed by atoms with van der Waals surface area (Å²) in [5, 5.41) is 0. The zero-order valence-corrected chi connectivity index (χ0v) is 10.2. The fourth-order valence-corrected chi connectivity index (χ4v) is 1.63. The number of Topliss-reactive ketones (excluding diaryl/α,β-unsaturated/α-hetero) is 2. The third-order valence-corrected chi connectivity index (χ3v) is 2.56. The van der Waals surface area contributed by atoms with Crippen molar-refractivity contribution in [2.45, 2.75) is 71.6 Å². The van der Waals surface area contributed by atoms with E-state index in [4.69, 9.17) is 0 Å². The first-order valence-corrected chi connectivity index (χ1v) is 6.12. The van der Waals surface area contributed by atoms with Crippen molar-refractivity contribution in [2.75, 3.05) is 0 Å². The molecule has 0 N–H and O–H groups in total. The van der Waals surface area contributed by atoms with Crippen LogP contribution >= 0.6 is 0 Å². The number of ketones is 2. The van der Waals surface area contributed by atoms with Gasteiger partial charge in [0.15, 0.2) is 0 Å². The third-order valence-electron chi connectivity index (χ3n) is 2.56. The zero-order valence-electron chi connectivity index (χ0n) is 10.2. The van der Waals surface area contributed by atoms with Gasteiger partial charge in [0.2, 0.25) is 0 Å². The summed E-state index contributed by atoms with van der Waals surface area (Å²) < 4.78 is 0. The average Bonchev–Trinajstić information content (AvgIpc) is 2.14. The van der Waals surface area contributed by atoms with Crippen LogP contribution in [0, 0.1) is 0 Å². The Hall–Kier alpha value is -0.660. The van der Waals surface area contributed by atoms with E-state index in [1.165, 1.54) is 32.1 Å². The van der Waals surface area contributed by atoms with E-state index >= 15 is 0 Å². The molecular weight excluding hydrogens is 188 g/mol. The molecule has 0 rings (SSSR count). The molecule has 0 spiro atoms. The Balaban J connectivity index is 2.99. The van der Waals surface area contributed by atoms with Gasteiger partial charge in [0, 0.05) is 12.8 Å². The van der Waals surface area contributed by atoms with Crippen LogP contribution in [0.5, 0.6) is 0 Å². The highest BCUT2D eigenvalue weighted by molar-refractivity contribution is 5.75. The summed E-state index contributed by atoms with van der Waals surface area (Å²) >= 11 is 0. The minimum atomic E-state index is 0.302. The number of unbranched alkanes of at least 4 members (excludes halogenated alkanes) is 6. The van der Waals surface area contributed by atoms with Gasteiger partial charge in [-0.2, -0.15) is 0 Å². The van der Waals surface area contributed by atoms with Gasteiger partial charge in [0.1, 0.15) is 11.6 Å². The smallest absolute Gasteiger partial charge is 0.129 e. The molecular formula is C13H24O2. The molecule has 0 radical (unpaired) electrons. The van der Waals surface area contributed by atoms with E-state index in [2.05, 4.69) is 0 Å². The Bertz CT molecular complexity index is 165. The maximum atomic E-state index is 10.6. The molecule has 0 aromatic rings. The molecule has 0 fully saturated rings. The molecule has 0 bridgehead atoms. The lowest BCUT2D eigenvalue weighted by molar-refractivity contribution is -0.117. The number of rotatable bonds is 10. The molecule has 0 amide bonds. The summed E-state index contributed by atoms with van der Waals surface area (Å²) in [4.78, 5) is 21.3. The van der Waals surface area contributed by atoms with Crippen LogP contribution in [0.3, 0.4) is 0 Å². The second-order valence-corrected chi connectivity index (χ2v) is 4.38. The molecule has 15 heavy (non-hydrogen) atoms. The second kappa shape index (κ2) is 9.88. The molecule has 2 nitrogen and oxygen atoms in total. The molecule has 0 atom stereocenters. The Kier molecular flexibility index (Phi) is 9.44. The lowest BCUT2D eigenvalue weighted by atomic mass is 10.1. The third kappa shape index (κ3) is 13.3. The van der Waals surface area contributed by atoms with Gasteiger partial charge >= 0.3 is 0 Å². The fraction of sp³-hybridized carbons (Fsp3) is 0.846. The van der Waals surface area contributed by atoms with Gasteiger partial charge < -0.3 is 9.59 Å². The van der Waals surface area contributed by atoms with Gasteiger partial charge in [-0.1, -0.05) is 32.1 Å². The van der Waals surface area contributed by atoms with Crippen LogP contribution < -0.4 is 0 Å². The Morgan fingerprint density at radius 3 is 1.13 bits per heavy atom. The van der Waals surface area contributed by atoms with Crippen LogP contribution in [-0.2, 0) is 9.59 Å². The van der Waals surface area contributed by atoms with Gasteiger partial charge in [0.25, 0.3) is 0 Å². The summed E-state index contributed by atoms with van der Waals surface area (Å²) in [5.74, 6) is 0.605. The summed E-state index contributed by atoms with van der Waals surface area (Å²) in [5.41, 5.74) is 0. The first-order valence-electron chi connectivity index (χ1n) is 6.12. The Labute approximate surface area is 93.4 Å². The first kappa shape index (κ1) is 14.3. The lowest BCUT2D eigenvalue weighted by Gasteiger charge is -2.00. The molecule has 2 heteroatoms. The van der Waals surface area contributed by atoms with E-state index < -0.39 is 0 Å². The molecule has 0 unspecified atom stereocenters. The van der Waals surface area contributed by atoms with Crippen molar-refractivity contribution in [3.8, 4) is 0 Å². The van der Waals surface area contributed by atoms with Gasteiger partial charge in [0.05, 0.1) is 0 Å². The number of carbonyl (C=O) groups is 2. The van der Waals surface area contributed by atoms with E-state index in [-0.39, 0.29) is 0 Å². The lowest BCUT2D eigenvalue weighted by Crippen LogP contribution is -1.90. The predicted octanol–water partition coefficient (Wildman–Crippen LogP) is 3.68. The van der Waals surface area contributed by atoms with Crippen LogP contribution in [0.15, 0.2) is 0 Å². The fourth-order valence-electron chi connectivity index (χ4n) is 1.63. The van der Waals surface area contributed by atoms with Crippen LogP contribution in [0.2, 0.25) is 0 Å². The van der Waals surface area contributed by atoms with Crippen LogP contribution in [0.4, 0.5) is 0 Å². The number of carbonyl (C=O) groups excluding carboxylic acids is 2. The second-order valence-electron chi connectivity index (χ2n) is 4.38. The number of hydrogen-bond donors (Lipinski definition) is 0. The molecule has 0 aromatic carbocycles. The zero-order chi connectivity index (χ0) is 11.5. The van der Waals surface area contributed by atoms with Gasteiger partial charge in [-0.05, 0) is 26.7 Å². The normalized spacial score (nSPS) is 10.3. The van der Waals surface area contributed by atoms with E-state index in [0.717, 1.165) is 25.7 Å². The molecule has 0 aromatic heterocycles. The highest BCUT2D eigenvalue weighted by atomic mass is 16.1. The molecule has 0 aliphatic heterocycles. The van der Waals surface area contributed by atoms with Crippen molar-refractivity contribution in [3.63, 3.8) is 0 Å². The van der Waals surface area contributed by atoms with E-state index in [1.54, 1.807) is 13.8 Å². The Morgan fingerprint density at radius 2 is 0.867 bits per heavy atom. The van der Waals surface area contributed by atoms with Crippen molar-refractivity contribution in [3.05, 3.63) is 0 Å². The minimum absolute atomic E-state index is 0.302. The molecule has 0 saturated heterocycles. The highest BCUT2D eigenvalue weighted by Gasteiger charge is 1.96. The standard InChI is InChI=1S/C13H24O2/c1-12(14)10-8-6-4-3-5-7-9-11-13(2)15/h3-11H2,1-2H3. The van der Waals surface area contributed by atoms with Gasteiger partial charge in [-0.25, -0.2) is 0 Å². The van der Waals surface area contributed by atoms with Gasteiger partial charge in [-0.15, -0.1) is 0 Å². The van der Waals surface area contributed by atoms with Crippen LogP contribution in [0.1, 0.15) is 71.6 Å². The first-order chi connectivity index (χ1) is 7.13. The minimum Gasteiger partial charge on any atom is -0.300 e. The predicted molar refractivity (Wildman–Crippen MR) is 62.9 cm³/mol. The van der Waals surface area contributed by atoms with Crippen molar-refractivity contribution in [2.24, 2.45) is 0 Å². The molecule has 88 valence electrons. The van der Waals surface area contributed by atoms with E-state index in [1.807, 2.05) is 0 Å². The molecule has 0 heterocycles. The summed E-state index contributed by atoms with van der Waals surface area (Å²) in [7, 11) is 0. The van der Waals surface area contributed by atoms with E-state index in [0.29, 0.717) is 11.6 Å². The largest absolute Gasteiger partial charge is 0.300 e. The Morgan fingerprint density at radius 1 is 0.600 bits per heavy atom. The molecule has 0 saturated carbocycles. The quantitative estimate of drug-likeness (QED) is 0.518. The molecule has 0 aliphatic carbocycles. The topological polar surface area (TPSA) is 34.1 Å². The summed E-state index contributed by atoms with van der Waals surface area (Å²) in [6, 6.07) is 0. The van der Waals surface area contributed by atoms with Crippen LogP contribution in [0.25, 0.3) is 0 Å². The van der Waals surface area contributed by atoms with Crippen LogP contribution in [-0.4, -0.2) is 11.6 Å². The van der Waals surface area contributed by atoms with Gasteiger partial charge in [-0.3, -0.25) is 0 Å².